The van der Waals surface area contributed by atoms with Gasteiger partial charge in [-0.25, -0.2) is 4.98 Å². The van der Waals surface area contributed by atoms with Crippen LogP contribution in [0.15, 0.2) is 29.6 Å². The van der Waals surface area contributed by atoms with Crippen LogP contribution < -0.4 is 5.73 Å². The summed E-state index contributed by atoms with van der Waals surface area (Å²) in [7, 11) is 1.37. The predicted octanol–water partition coefficient (Wildman–Crippen LogP) is 1.98. The molecule has 1 aromatic heterocycles. The maximum absolute atomic E-state index is 11.2. The number of hydrogen-bond donors (Lipinski definition) is 1. The summed E-state index contributed by atoms with van der Waals surface area (Å²) in [6.07, 6.45) is 0.206. The molecule has 2 rings (SSSR count). The molecule has 4 nitrogen and oxygen atoms in total. The predicted molar refractivity (Wildman–Crippen MR) is 71.2 cm³/mol. The number of hydrogen-bond acceptors (Lipinski definition) is 5. The molecule has 0 spiro atoms. The molecule has 0 unspecified atom stereocenters. The summed E-state index contributed by atoms with van der Waals surface area (Å²) >= 11 is 1.51. The van der Waals surface area contributed by atoms with E-state index in [1.165, 1.54) is 18.4 Å². The van der Waals surface area contributed by atoms with Gasteiger partial charge < -0.3 is 10.5 Å². The average molecular weight is 262 g/mol. The van der Waals surface area contributed by atoms with Gasteiger partial charge in [0.1, 0.15) is 5.01 Å². The van der Waals surface area contributed by atoms with Crippen molar-refractivity contribution >= 4 is 17.3 Å². The fourth-order valence-corrected chi connectivity index (χ4v) is 2.52. The maximum Gasteiger partial charge on any atom is 0.311 e. The van der Waals surface area contributed by atoms with E-state index in [4.69, 9.17) is 5.73 Å². The van der Waals surface area contributed by atoms with Crippen molar-refractivity contribution in [2.24, 2.45) is 5.73 Å². The Balaban J connectivity index is 2.26. The first-order chi connectivity index (χ1) is 8.74. The van der Waals surface area contributed by atoms with E-state index < -0.39 is 0 Å². The molecule has 2 aromatic rings. The number of aromatic nitrogens is 1. The first-order valence-corrected chi connectivity index (χ1v) is 6.42. The van der Waals surface area contributed by atoms with Crippen LogP contribution in [0.3, 0.4) is 0 Å². The van der Waals surface area contributed by atoms with Crippen LogP contribution in [0.1, 0.15) is 11.3 Å². The molecule has 0 atom stereocenters. The fourth-order valence-electron chi connectivity index (χ4n) is 1.64. The van der Waals surface area contributed by atoms with Crippen LogP contribution in [0.25, 0.3) is 10.6 Å². The first-order valence-electron chi connectivity index (χ1n) is 5.54. The quantitative estimate of drug-likeness (QED) is 0.856. The van der Waals surface area contributed by atoms with Gasteiger partial charge in [-0.05, 0) is 5.56 Å². The third kappa shape index (κ3) is 2.75. The molecular weight excluding hydrogens is 248 g/mol. The highest BCUT2D eigenvalue weighted by Gasteiger charge is 2.10. The molecule has 0 radical (unpaired) electrons. The van der Waals surface area contributed by atoms with Gasteiger partial charge in [-0.1, -0.05) is 24.3 Å². The zero-order valence-corrected chi connectivity index (χ0v) is 10.9. The smallest absolute Gasteiger partial charge is 0.311 e. The van der Waals surface area contributed by atoms with Crippen molar-refractivity contribution in [1.82, 2.24) is 4.98 Å². The lowest BCUT2D eigenvalue weighted by molar-refractivity contribution is -0.139. The first kappa shape index (κ1) is 12.7. The number of ether oxygens (including phenoxy) is 1. The number of nitrogens with zero attached hydrogens (tertiary/aromatic N) is 1. The second-order valence-electron chi connectivity index (χ2n) is 3.76. The minimum atomic E-state index is -0.279. The van der Waals surface area contributed by atoms with Gasteiger partial charge in [-0.3, -0.25) is 4.79 Å². The van der Waals surface area contributed by atoms with Gasteiger partial charge in [0.25, 0.3) is 0 Å². The molecule has 2 N–H and O–H groups in total. The topological polar surface area (TPSA) is 65.2 Å². The molecule has 0 saturated heterocycles. The van der Waals surface area contributed by atoms with Crippen molar-refractivity contribution in [2.45, 2.75) is 13.0 Å². The van der Waals surface area contributed by atoms with E-state index in [0.717, 1.165) is 21.8 Å². The summed E-state index contributed by atoms with van der Waals surface area (Å²) in [6, 6.07) is 7.88. The van der Waals surface area contributed by atoms with Gasteiger partial charge in [-0.2, -0.15) is 0 Å². The Morgan fingerprint density at radius 2 is 2.22 bits per heavy atom. The molecule has 0 bridgehead atoms. The highest BCUT2D eigenvalue weighted by atomic mass is 32.1. The van der Waals surface area contributed by atoms with E-state index in [2.05, 4.69) is 9.72 Å². The third-order valence-electron chi connectivity index (χ3n) is 2.57. The minimum Gasteiger partial charge on any atom is -0.469 e. The van der Waals surface area contributed by atoms with Crippen molar-refractivity contribution in [3.63, 3.8) is 0 Å². The van der Waals surface area contributed by atoms with Crippen LogP contribution in [0, 0.1) is 0 Å². The second-order valence-corrected chi connectivity index (χ2v) is 4.62. The van der Waals surface area contributed by atoms with E-state index in [-0.39, 0.29) is 12.4 Å². The number of nitrogens with two attached hydrogens (primary N) is 1. The molecule has 5 heteroatoms. The number of methoxy groups -OCH3 is 1. The van der Waals surface area contributed by atoms with Crippen LogP contribution in [0.5, 0.6) is 0 Å². The molecule has 0 fully saturated rings. The van der Waals surface area contributed by atoms with Crippen LogP contribution in [0.2, 0.25) is 0 Å². The highest BCUT2D eigenvalue weighted by molar-refractivity contribution is 7.13. The van der Waals surface area contributed by atoms with Crippen molar-refractivity contribution in [3.05, 3.63) is 40.9 Å². The van der Waals surface area contributed by atoms with E-state index in [1.54, 1.807) is 0 Å². The van der Waals surface area contributed by atoms with Gasteiger partial charge in [0.15, 0.2) is 0 Å². The zero-order valence-electron chi connectivity index (χ0n) is 10.1. The number of benzene rings is 1. The molecule has 0 aliphatic carbocycles. The number of thiazole rings is 1. The third-order valence-corrected chi connectivity index (χ3v) is 3.50. The normalized spacial score (nSPS) is 10.3. The summed E-state index contributed by atoms with van der Waals surface area (Å²) in [4.78, 5) is 15.6. The molecule has 94 valence electrons. The van der Waals surface area contributed by atoms with Gasteiger partial charge in [0, 0.05) is 17.5 Å². The summed E-state index contributed by atoms with van der Waals surface area (Å²) < 4.78 is 4.62. The molecule has 0 aliphatic heterocycles. The Labute approximate surface area is 109 Å². The Morgan fingerprint density at radius 1 is 1.44 bits per heavy atom. The van der Waals surface area contributed by atoms with Gasteiger partial charge in [-0.15, -0.1) is 11.3 Å². The maximum atomic E-state index is 11.2. The molecule has 0 aliphatic rings. The minimum absolute atomic E-state index is 0.206. The van der Waals surface area contributed by atoms with Crippen LogP contribution >= 0.6 is 11.3 Å². The lowest BCUT2D eigenvalue weighted by Crippen LogP contribution is -2.04. The Morgan fingerprint density at radius 3 is 2.94 bits per heavy atom. The number of rotatable bonds is 4. The largest absolute Gasteiger partial charge is 0.469 e. The van der Waals surface area contributed by atoms with E-state index in [9.17, 15) is 4.79 Å². The number of carbonyl (C=O) groups is 1. The Kier molecular flexibility index (Phi) is 4.07. The molecular formula is C13H14N2O2S. The van der Waals surface area contributed by atoms with Crippen LogP contribution in [-0.4, -0.2) is 18.1 Å². The number of carbonyl (C=O) groups excluding carboxylic acids is 1. The number of esters is 1. The zero-order chi connectivity index (χ0) is 13.0. The van der Waals surface area contributed by atoms with E-state index in [1.807, 2.05) is 29.6 Å². The summed E-state index contributed by atoms with van der Waals surface area (Å²) in [5.74, 6) is -0.279. The monoisotopic (exact) mass is 262 g/mol. The summed E-state index contributed by atoms with van der Waals surface area (Å²) in [5.41, 5.74) is 8.51. The molecule has 0 amide bonds. The Hall–Kier alpha value is -1.72. The van der Waals surface area contributed by atoms with Crippen molar-refractivity contribution in [1.29, 1.82) is 0 Å². The van der Waals surface area contributed by atoms with Gasteiger partial charge >= 0.3 is 5.97 Å². The molecule has 1 aromatic carbocycles. The van der Waals surface area contributed by atoms with Gasteiger partial charge in [0.2, 0.25) is 0 Å². The van der Waals surface area contributed by atoms with Gasteiger partial charge in [0.05, 0.1) is 19.2 Å². The van der Waals surface area contributed by atoms with Crippen LogP contribution in [-0.2, 0) is 22.5 Å². The molecule has 1 heterocycles. The van der Waals surface area contributed by atoms with E-state index >= 15 is 0 Å². The SMILES string of the molecule is COC(=O)Cc1csc(-c2ccccc2CN)n1. The fraction of sp³-hybridized carbons (Fsp3) is 0.231. The molecule has 18 heavy (non-hydrogen) atoms. The average Bonchev–Trinajstić information content (AvgIpc) is 2.86. The molecule has 0 saturated carbocycles. The van der Waals surface area contributed by atoms with Crippen molar-refractivity contribution in [2.75, 3.05) is 7.11 Å². The standard InChI is InChI=1S/C13H14N2O2S/c1-17-12(16)6-10-8-18-13(15-10)11-5-3-2-4-9(11)7-14/h2-5,8H,6-7,14H2,1H3. The lowest BCUT2D eigenvalue weighted by atomic mass is 10.1. The summed E-state index contributed by atoms with van der Waals surface area (Å²) in [6.45, 7) is 0.474. The highest BCUT2D eigenvalue weighted by Crippen LogP contribution is 2.27. The lowest BCUT2D eigenvalue weighted by Gasteiger charge is -2.03. The second kappa shape index (κ2) is 5.75. The van der Waals surface area contributed by atoms with Crippen molar-refractivity contribution in [3.8, 4) is 10.6 Å². The Bertz CT molecular complexity index is 551. The van der Waals surface area contributed by atoms with Crippen LogP contribution in [0.4, 0.5) is 0 Å². The van der Waals surface area contributed by atoms with E-state index in [0.29, 0.717) is 6.54 Å². The summed E-state index contributed by atoms with van der Waals surface area (Å²) in [5, 5.41) is 2.76. The van der Waals surface area contributed by atoms with Crippen molar-refractivity contribution < 1.29 is 9.53 Å².